The SMILES string of the molecule is Cc1ccc(C#N)c(SCc2ccc([N+](=O)[O-])cc2)n1. The number of hydrogen-bond acceptors (Lipinski definition) is 5. The van der Waals surface area contributed by atoms with Crippen LogP contribution in [0.4, 0.5) is 5.69 Å². The fraction of sp³-hybridized carbons (Fsp3) is 0.143. The smallest absolute Gasteiger partial charge is 0.258 e. The van der Waals surface area contributed by atoms with Crippen molar-refractivity contribution in [3.8, 4) is 6.07 Å². The molecule has 0 aliphatic carbocycles. The molecular weight excluding hydrogens is 274 g/mol. The Balaban J connectivity index is 2.11. The van der Waals surface area contributed by atoms with Crippen molar-refractivity contribution in [1.29, 1.82) is 5.26 Å². The molecule has 20 heavy (non-hydrogen) atoms. The molecule has 0 spiro atoms. The number of non-ortho nitro benzene ring substituents is 1. The minimum Gasteiger partial charge on any atom is -0.258 e. The Bertz CT molecular complexity index is 678. The zero-order valence-corrected chi connectivity index (χ0v) is 11.6. The summed E-state index contributed by atoms with van der Waals surface area (Å²) in [6.07, 6.45) is 0. The Labute approximate surface area is 120 Å². The summed E-state index contributed by atoms with van der Waals surface area (Å²) in [6.45, 7) is 1.87. The highest BCUT2D eigenvalue weighted by atomic mass is 32.2. The lowest BCUT2D eigenvalue weighted by atomic mass is 10.2. The van der Waals surface area contributed by atoms with Gasteiger partial charge in [-0.1, -0.05) is 12.1 Å². The van der Waals surface area contributed by atoms with Crippen molar-refractivity contribution in [2.75, 3.05) is 0 Å². The lowest BCUT2D eigenvalue weighted by Gasteiger charge is -2.04. The summed E-state index contributed by atoms with van der Waals surface area (Å²) < 4.78 is 0. The molecule has 1 heterocycles. The average molecular weight is 285 g/mol. The quantitative estimate of drug-likeness (QED) is 0.488. The third kappa shape index (κ3) is 3.33. The number of thioether (sulfide) groups is 1. The summed E-state index contributed by atoms with van der Waals surface area (Å²) in [5.74, 6) is 0.614. The van der Waals surface area contributed by atoms with Crippen LogP contribution in [-0.2, 0) is 5.75 Å². The van der Waals surface area contributed by atoms with E-state index in [9.17, 15) is 10.1 Å². The van der Waals surface area contributed by atoms with Crippen molar-refractivity contribution in [3.05, 3.63) is 63.3 Å². The first-order valence-electron chi connectivity index (χ1n) is 5.84. The highest BCUT2D eigenvalue weighted by Crippen LogP contribution is 2.25. The summed E-state index contributed by atoms with van der Waals surface area (Å²) in [7, 11) is 0. The summed E-state index contributed by atoms with van der Waals surface area (Å²) in [4.78, 5) is 14.5. The minimum absolute atomic E-state index is 0.0742. The van der Waals surface area contributed by atoms with Crippen LogP contribution in [0, 0.1) is 28.4 Å². The number of nitro benzene ring substituents is 1. The summed E-state index contributed by atoms with van der Waals surface area (Å²) in [6, 6.07) is 12.0. The topological polar surface area (TPSA) is 79.8 Å². The number of nitriles is 1. The Morgan fingerprint density at radius 3 is 2.60 bits per heavy atom. The van der Waals surface area contributed by atoms with Crippen LogP contribution in [0.2, 0.25) is 0 Å². The van der Waals surface area contributed by atoms with Gasteiger partial charge in [0.15, 0.2) is 0 Å². The first-order chi connectivity index (χ1) is 9.60. The molecule has 0 aliphatic rings. The summed E-state index contributed by atoms with van der Waals surface area (Å²) >= 11 is 1.45. The number of aromatic nitrogens is 1. The maximum Gasteiger partial charge on any atom is 0.269 e. The van der Waals surface area contributed by atoms with Crippen LogP contribution >= 0.6 is 11.8 Å². The van der Waals surface area contributed by atoms with Gasteiger partial charge in [-0.2, -0.15) is 5.26 Å². The number of benzene rings is 1. The molecule has 1 aromatic heterocycles. The second-order valence-corrected chi connectivity index (χ2v) is 5.09. The van der Waals surface area contributed by atoms with E-state index in [0.29, 0.717) is 16.3 Å². The Morgan fingerprint density at radius 2 is 2.00 bits per heavy atom. The number of rotatable bonds is 4. The van der Waals surface area contributed by atoms with Gasteiger partial charge in [0, 0.05) is 23.6 Å². The molecule has 0 N–H and O–H groups in total. The molecule has 0 fully saturated rings. The van der Waals surface area contributed by atoms with Crippen LogP contribution in [0.25, 0.3) is 0 Å². The molecule has 0 saturated heterocycles. The highest BCUT2D eigenvalue weighted by molar-refractivity contribution is 7.98. The molecule has 5 nitrogen and oxygen atoms in total. The first-order valence-corrected chi connectivity index (χ1v) is 6.82. The average Bonchev–Trinajstić information content (AvgIpc) is 2.45. The number of aryl methyl sites for hydroxylation is 1. The second kappa shape index (κ2) is 6.17. The number of nitrogens with zero attached hydrogens (tertiary/aromatic N) is 3. The summed E-state index contributed by atoms with van der Waals surface area (Å²) in [5.41, 5.74) is 2.43. The number of pyridine rings is 1. The van der Waals surface area contributed by atoms with E-state index in [1.807, 2.05) is 6.92 Å². The third-order valence-electron chi connectivity index (χ3n) is 2.64. The van der Waals surface area contributed by atoms with Gasteiger partial charge in [0.1, 0.15) is 11.1 Å². The van der Waals surface area contributed by atoms with E-state index < -0.39 is 4.92 Å². The molecule has 0 atom stereocenters. The molecule has 0 aliphatic heterocycles. The predicted octanol–water partition coefficient (Wildman–Crippen LogP) is 3.46. The maximum atomic E-state index is 10.6. The second-order valence-electron chi connectivity index (χ2n) is 4.13. The van der Waals surface area contributed by atoms with Crippen LogP contribution < -0.4 is 0 Å². The van der Waals surface area contributed by atoms with Gasteiger partial charge in [-0.05, 0) is 24.6 Å². The van der Waals surface area contributed by atoms with E-state index in [0.717, 1.165) is 11.3 Å². The summed E-state index contributed by atoms with van der Waals surface area (Å²) in [5, 5.41) is 20.3. The molecule has 0 radical (unpaired) electrons. The van der Waals surface area contributed by atoms with E-state index >= 15 is 0 Å². The van der Waals surface area contributed by atoms with Crippen molar-refractivity contribution < 1.29 is 4.92 Å². The van der Waals surface area contributed by atoms with E-state index in [1.165, 1.54) is 23.9 Å². The molecule has 2 aromatic rings. The highest BCUT2D eigenvalue weighted by Gasteiger charge is 2.07. The zero-order valence-electron chi connectivity index (χ0n) is 10.7. The van der Waals surface area contributed by atoms with Crippen molar-refractivity contribution >= 4 is 17.4 Å². The fourth-order valence-electron chi connectivity index (χ4n) is 1.59. The van der Waals surface area contributed by atoms with Gasteiger partial charge < -0.3 is 0 Å². The van der Waals surface area contributed by atoms with Gasteiger partial charge in [0.2, 0.25) is 0 Å². The largest absolute Gasteiger partial charge is 0.269 e. The molecular formula is C14H11N3O2S. The Morgan fingerprint density at radius 1 is 1.30 bits per heavy atom. The molecule has 0 unspecified atom stereocenters. The van der Waals surface area contributed by atoms with Crippen molar-refractivity contribution in [1.82, 2.24) is 4.98 Å². The fourth-order valence-corrected chi connectivity index (χ4v) is 2.57. The lowest BCUT2D eigenvalue weighted by molar-refractivity contribution is -0.384. The van der Waals surface area contributed by atoms with Crippen LogP contribution in [0.3, 0.4) is 0 Å². The molecule has 0 bridgehead atoms. The number of hydrogen-bond donors (Lipinski definition) is 0. The molecule has 1 aromatic carbocycles. The van der Waals surface area contributed by atoms with E-state index in [4.69, 9.17) is 5.26 Å². The van der Waals surface area contributed by atoms with Gasteiger partial charge in [-0.25, -0.2) is 4.98 Å². The monoisotopic (exact) mass is 285 g/mol. The minimum atomic E-state index is -0.424. The standard InChI is InChI=1S/C14H11N3O2S/c1-10-2-5-12(8-15)14(16-10)20-9-11-3-6-13(7-4-11)17(18)19/h2-7H,9H2,1H3. The van der Waals surface area contributed by atoms with E-state index in [1.54, 1.807) is 24.3 Å². The number of nitro groups is 1. The Hall–Kier alpha value is -2.39. The molecule has 0 amide bonds. The van der Waals surface area contributed by atoms with Crippen LogP contribution in [0.1, 0.15) is 16.8 Å². The van der Waals surface area contributed by atoms with Gasteiger partial charge in [0.25, 0.3) is 5.69 Å². The third-order valence-corrected chi connectivity index (χ3v) is 3.70. The predicted molar refractivity (Wildman–Crippen MR) is 76.3 cm³/mol. The van der Waals surface area contributed by atoms with Crippen LogP contribution in [0.15, 0.2) is 41.4 Å². The normalized spacial score (nSPS) is 10.0. The first kappa shape index (κ1) is 14.0. The maximum absolute atomic E-state index is 10.6. The van der Waals surface area contributed by atoms with Gasteiger partial charge >= 0.3 is 0 Å². The van der Waals surface area contributed by atoms with Gasteiger partial charge in [-0.15, -0.1) is 11.8 Å². The van der Waals surface area contributed by atoms with Gasteiger partial charge in [0.05, 0.1) is 10.5 Å². The van der Waals surface area contributed by atoms with E-state index in [2.05, 4.69) is 11.1 Å². The lowest BCUT2D eigenvalue weighted by Crippen LogP contribution is -1.91. The molecule has 2 rings (SSSR count). The van der Waals surface area contributed by atoms with Gasteiger partial charge in [-0.3, -0.25) is 10.1 Å². The van der Waals surface area contributed by atoms with Crippen LogP contribution in [0.5, 0.6) is 0 Å². The van der Waals surface area contributed by atoms with Crippen molar-refractivity contribution in [2.24, 2.45) is 0 Å². The molecule has 100 valence electrons. The Kier molecular flexibility index (Phi) is 4.33. The van der Waals surface area contributed by atoms with Crippen LogP contribution in [-0.4, -0.2) is 9.91 Å². The van der Waals surface area contributed by atoms with Crippen molar-refractivity contribution in [2.45, 2.75) is 17.7 Å². The molecule has 6 heteroatoms. The molecule has 0 saturated carbocycles. The van der Waals surface area contributed by atoms with E-state index in [-0.39, 0.29) is 5.69 Å². The van der Waals surface area contributed by atoms with Crippen molar-refractivity contribution in [3.63, 3.8) is 0 Å². The zero-order chi connectivity index (χ0) is 14.5.